The van der Waals surface area contributed by atoms with Gasteiger partial charge in [-0.25, -0.2) is 4.39 Å². The molecule has 0 saturated heterocycles. The van der Waals surface area contributed by atoms with E-state index in [2.05, 4.69) is 10.5 Å². The highest BCUT2D eigenvalue weighted by molar-refractivity contribution is 5.74. The molecule has 1 aromatic rings. The average molecular weight is 177 g/mol. The van der Waals surface area contributed by atoms with Crippen LogP contribution in [0.2, 0.25) is 0 Å². The number of rotatable bonds is 3. The summed E-state index contributed by atoms with van der Waals surface area (Å²) in [5.74, 6) is -0.260. The van der Waals surface area contributed by atoms with Crippen LogP contribution in [0.5, 0.6) is 0 Å². The topological polar surface area (TPSA) is 48.2 Å². The van der Waals surface area contributed by atoms with Gasteiger partial charge in [-0.05, 0) is 17.7 Å². The zero-order valence-electron chi connectivity index (χ0n) is 6.87. The number of halogens is 1. The summed E-state index contributed by atoms with van der Waals surface area (Å²) in [7, 11) is 0. The van der Waals surface area contributed by atoms with Crippen molar-refractivity contribution in [3.63, 3.8) is 0 Å². The van der Waals surface area contributed by atoms with Gasteiger partial charge in [0.05, 0.1) is 6.54 Å². The first-order chi connectivity index (χ1) is 6.33. The van der Waals surface area contributed by atoms with Gasteiger partial charge in [0, 0.05) is 0 Å². The van der Waals surface area contributed by atoms with Crippen LogP contribution in [0.4, 0.5) is 4.39 Å². The average Bonchev–Trinajstić information content (AvgIpc) is 2.15. The van der Waals surface area contributed by atoms with Crippen LogP contribution < -0.4 is 5.43 Å². The van der Waals surface area contributed by atoms with E-state index < -0.39 is 0 Å². The third kappa shape index (κ3) is 3.34. The fraction of sp³-hybridized carbons (Fsp3) is 0.111. The minimum Gasteiger partial charge on any atom is -0.305 e. The molecule has 0 aliphatic heterocycles. The molecule has 0 spiro atoms. The Kier molecular flexibility index (Phi) is 3.45. The third-order valence-corrected chi connectivity index (χ3v) is 1.41. The minimum atomic E-state index is -0.260. The number of benzene rings is 1. The number of nitriles is 1. The highest BCUT2D eigenvalue weighted by Gasteiger charge is 1.91. The van der Waals surface area contributed by atoms with Crippen LogP contribution in [0.1, 0.15) is 5.56 Å². The van der Waals surface area contributed by atoms with Crippen molar-refractivity contribution < 1.29 is 4.39 Å². The van der Waals surface area contributed by atoms with Gasteiger partial charge in [-0.1, -0.05) is 12.1 Å². The maximum Gasteiger partial charge on any atom is 0.124 e. The number of nitrogens with zero attached hydrogens (tertiary/aromatic N) is 2. The number of hydrogen-bond donors (Lipinski definition) is 1. The molecule has 13 heavy (non-hydrogen) atoms. The Balaban J connectivity index is 2.42. The highest BCUT2D eigenvalue weighted by Crippen LogP contribution is 2.01. The normalized spacial score (nSPS) is 9.85. The maximum absolute atomic E-state index is 12.4. The standard InChI is InChI=1S/C9H8FN3/c10-9-3-1-8(2-4-9)7-13-12-6-5-11/h1-4,6,13H,7H2/b12-6+. The lowest BCUT2D eigenvalue weighted by Gasteiger charge is -1.98. The lowest BCUT2D eigenvalue weighted by atomic mass is 10.2. The van der Waals surface area contributed by atoms with Crippen molar-refractivity contribution in [2.75, 3.05) is 0 Å². The quantitative estimate of drug-likeness (QED) is 0.560. The molecular weight excluding hydrogens is 169 g/mol. The second-order valence-corrected chi connectivity index (χ2v) is 2.35. The van der Waals surface area contributed by atoms with E-state index in [1.807, 2.05) is 0 Å². The van der Waals surface area contributed by atoms with Gasteiger partial charge in [0.15, 0.2) is 0 Å². The molecule has 1 N–H and O–H groups in total. The van der Waals surface area contributed by atoms with Crippen molar-refractivity contribution in [3.8, 4) is 6.07 Å². The molecule has 1 rings (SSSR count). The van der Waals surface area contributed by atoms with Crippen molar-refractivity contribution in [1.29, 1.82) is 5.26 Å². The fourth-order valence-electron chi connectivity index (χ4n) is 0.814. The number of nitrogens with one attached hydrogen (secondary N) is 1. The summed E-state index contributed by atoms with van der Waals surface area (Å²) in [6.45, 7) is 0.485. The fourth-order valence-corrected chi connectivity index (χ4v) is 0.814. The van der Waals surface area contributed by atoms with E-state index in [1.165, 1.54) is 12.1 Å². The smallest absolute Gasteiger partial charge is 0.124 e. The Morgan fingerprint density at radius 2 is 2.15 bits per heavy atom. The molecule has 0 amide bonds. The van der Waals surface area contributed by atoms with Crippen LogP contribution in [0.3, 0.4) is 0 Å². The maximum atomic E-state index is 12.4. The molecule has 0 unspecified atom stereocenters. The monoisotopic (exact) mass is 177 g/mol. The van der Waals surface area contributed by atoms with E-state index in [9.17, 15) is 4.39 Å². The molecular formula is C9H8FN3. The molecule has 1 aromatic carbocycles. The summed E-state index contributed by atoms with van der Waals surface area (Å²) >= 11 is 0. The predicted molar refractivity (Wildman–Crippen MR) is 47.3 cm³/mol. The van der Waals surface area contributed by atoms with Gasteiger partial charge >= 0.3 is 0 Å². The zero-order valence-corrected chi connectivity index (χ0v) is 6.87. The Labute approximate surface area is 75.5 Å². The van der Waals surface area contributed by atoms with Crippen molar-refractivity contribution in [3.05, 3.63) is 35.6 Å². The molecule has 0 saturated carbocycles. The van der Waals surface area contributed by atoms with Crippen molar-refractivity contribution in [1.82, 2.24) is 5.43 Å². The highest BCUT2D eigenvalue weighted by atomic mass is 19.1. The molecule has 0 aromatic heterocycles. The summed E-state index contributed by atoms with van der Waals surface area (Å²) in [5.41, 5.74) is 3.56. The third-order valence-electron chi connectivity index (χ3n) is 1.41. The summed E-state index contributed by atoms with van der Waals surface area (Å²) < 4.78 is 12.4. The van der Waals surface area contributed by atoms with E-state index in [4.69, 9.17) is 5.26 Å². The molecule has 66 valence electrons. The molecule has 0 atom stereocenters. The second-order valence-electron chi connectivity index (χ2n) is 2.35. The minimum absolute atomic E-state index is 0.260. The molecule has 0 aliphatic rings. The van der Waals surface area contributed by atoms with Gasteiger partial charge in [0.1, 0.15) is 18.1 Å². The summed E-state index contributed by atoms with van der Waals surface area (Å²) in [6.07, 6.45) is 1.10. The molecule has 3 nitrogen and oxygen atoms in total. The largest absolute Gasteiger partial charge is 0.305 e. The predicted octanol–water partition coefficient (Wildman–Crippen LogP) is 1.42. The van der Waals surface area contributed by atoms with Gasteiger partial charge in [0.2, 0.25) is 0 Å². The van der Waals surface area contributed by atoms with Crippen molar-refractivity contribution >= 4 is 6.21 Å². The van der Waals surface area contributed by atoms with E-state index >= 15 is 0 Å². The molecule has 0 aliphatic carbocycles. The SMILES string of the molecule is N#C/C=N/NCc1ccc(F)cc1. The lowest BCUT2D eigenvalue weighted by molar-refractivity contribution is 0.626. The molecule has 0 fully saturated rings. The number of hydrogen-bond acceptors (Lipinski definition) is 3. The Morgan fingerprint density at radius 3 is 2.77 bits per heavy atom. The molecule has 4 heteroatoms. The summed E-state index contributed by atoms with van der Waals surface area (Å²) in [6, 6.07) is 7.82. The lowest BCUT2D eigenvalue weighted by Crippen LogP contribution is -2.04. The van der Waals surface area contributed by atoms with Crippen molar-refractivity contribution in [2.24, 2.45) is 5.10 Å². The zero-order chi connectivity index (χ0) is 9.52. The van der Waals surface area contributed by atoms with Gasteiger partial charge in [-0.15, -0.1) is 0 Å². The van der Waals surface area contributed by atoms with Gasteiger partial charge < -0.3 is 5.43 Å². The molecule has 0 heterocycles. The Bertz CT molecular complexity index is 324. The van der Waals surface area contributed by atoms with Crippen LogP contribution in [-0.2, 0) is 6.54 Å². The van der Waals surface area contributed by atoms with Gasteiger partial charge in [-0.3, -0.25) is 0 Å². The van der Waals surface area contributed by atoms with Crippen LogP contribution in [0.15, 0.2) is 29.4 Å². The Hall–Kier alpha value is -1.89. The van der Waals surface area contributed by atoms with E-state index in [-0.39, 0.29) is 5.82 Å². The first kappa shape index (κ1) is 9.20. The first-order valence-corrected chi connectivity index (χ1v) is 3.71. The van der Waals surface area contributed by atoms with E-state index in [1.54, 1.807) is 18.2 Å². The second kappa shape index (κ2) is 4.88. The van der Waals surface area contributed by atoms with E-state index in [0.717, 1.165) is 11.8 Å². The van der Waals surface area contributed by atoms with Crippen LogP contribution in [0.25, 0.3) is 0 Å². The van der Waals surface area contributed by atoms with Crippen molar-refractivity contribution in [2.45, 2.75) is 6.54 Å². The molecule has 0 bridgehead atoms. The van der Waals surface area contributed by atoms with Crippen LogP contribution in [-0.4, -0.2) is 6.21 Å². The summed E-state index contributed by atoms with van der Waals surface area (Å²) in [4.78, 5) is 0. The van der Waals surface area contributed by atoms with Gasteiger partial charge in [0.25, 0.3) is 0 Å². The molecule has 0 radical (unpaired) electrons. The van der Waals surface area contributed by atoms with E-state index in [0.29, 0.717) is 6.54 Å². The Morgan fingerprint density at radius 1 is 1.46 bits per heavy atom. The summed E-state index contributed by atoms with van der Waals surface area (Å²) in [5, 5.41) is 11.7. The van der Waals surface area contributed by atoms with Crippen LogP contribution in [0, 0.1) is 17.1 Å². The van der Waals surface area contributed by atoms with Crippen LogP contribution >= 0.6 is 0 Å². The first-order valence-electron chi connectivity index (χ1n) is 3.71. The van der Waals surface area contributed by atoms with Gasteiger partial charge in [-0.2, -0.15) is 10.4 Å². The number of hydrazone groups is 1.